The predicted molar refractivity (Wildman–Crippen MR) is 40.6 cm³/mol. The maximum atomic E-state index is 12.2. The molecule has 1 nitrogen and oxygen atoms in total. The summed E-state index contributed by atoms with van der Waals surface area (Å²) in [7, 11) is 0. The average Bonchev–Trinajstić information content (AvgIpc) is 2.34. The van der Waals surface area contributed by atoms with E-state index in [1.54, 1.807) is 6.92 Å². The molecule has 1 saturated carbocycles. The highest BCUT2D eigenvalue weighted by molar-refractivity contribution is 4.93. The summed E-state index contributed by atoms with van der Waals surface area (Å²) in [4.78, 5) is 0. The van der Waals surface area contributed by atoms with Crippen molar-refractivity contribution in [1.82, 2.24) is 0 Å². The monoisotopic (exact) mass is 181 g/mol. The van der Waals surface area contributed by atoms with Crippen LogP contribution >= 0.6 is 0 Å². The standard InChI is InChI=1S/C8H14F3N/c1-7(4-2-3-5-7)6(12)8(9,10)11/h6H,2-5,12H2,1H3. The second-order valence-electron chi connectivity index (χ2n) is 3.88. The van der Waals surface area contributed by atoms with E-state index in [9.17, 15) is 13.2 Å². The molecule has 0 aliphatic heterocycles. The molecule has 0 bridgehead atoms. The Balaban J connectivity index is 2.68. The third-order valence-corrected chi connectivity index (χ3v) is 2.85. The van der Waals surface area contributed by atoms with Gasteiger partial charge in [0.05, 0.1) is 0 Å². The van der Waals surface area contributed by atoms with E-state index in [1.807, 2.05) is 0 Å². The third kappa shape index (κ3) is 1.73. The molecular weight excluding hydrogens is 167 g/mol. The highest BCUT2D eigenvalue weighted by atomic mass is 19.4. The Morgan fingerprint density at radius 1 is 1.25 bits per heavy atom. The summed E-state index contributed by atoms with van der Waals surface area (Å²) in [5.74, 6) is 0. The second kappa shape index (κ2) is 2.91. The number of alkyl halides is 3. The molecule has 0 saturated heterocycles. The molecule has 0 aromatic heterocycles. The lowest BCUT2D eigenvalue weighted by Crippen LogP contribution is -2.48. The fourth-order valence-corrected chi connectivity index (χ4v) is 1.89. The van der Waals surface area contributed by atoms with Crippen LogP contribution in [0.3, 0.4) is 0 Å². The smallest absolute Gasteiger partial charge is 0.320 e. The minimum atomic E-state index is -4.24. The first-order valence-corrected chi connectivity index (χ1v) is 4.18. The quantitative estimate of drug-likeness (QED) is 0.660. The van der Waals surface area contributed by atoms with Gasteiger partial charge in [-0.3, -0.25) is 0 Å². The summed E-state index contributed by atoms with van der Waals surface area (Å²) >= 11 is 0. The van der Waals surface area contributed by atoms with E-state index in [0.29, 0.717) is 12.8 Å². The minimum Gasteiger partial charge on any atom is -0.320 e. The van der Waals surface area contributed by atoms with Crippen molar-refractivity contribution in [1.29, 1.82) is 0 Å². The first-order chi connectivity index (χ1) is 5.36. The third-order valence-electron chi connectivity index (χ3n) is 2.85. The van der Waals surface area contributed by atoms with Crippen molar-refractivity contribution in [3.05, 3.63) is 0 Å². The molecule has 1 fully saturated rings. The Morgan fingerprint density at radius 3 is 2.00 bits per heavy atom. The zero-order valence-electron chi connectivity index (χ0n) is 7.12. The highest BCUT2D eigenvalue weighted by Gasteiger charge is 2.49. The van der Waals surface area contributed by atoms with E-state index < -0.39 is 17.6 Å². The van der Waals surface area contributed by atoms with Crippen LogP contribution in [0.5, 0.6) is 0 Å². The fourth-order valence-electron chi connectivity index (χ4n) is 1.89. The van der Waals surface area contributed by atoms with Gasteiger partial charge in [-0.15, -0.1) is 0 Å². The maximum Gasteiger partial charge on any atom is 0.404 e. The van der Waals surface area contributed by atoms with E-state index in [2.05, 4.69) is 0 Å². The lowest BCUT2D eigenvalue weighted by atomic mass is 9.81. The van der Waals surface area contributed by atoms with Crippen LogP contribution in [0.25, 0.3) is 0 Å². The number of hydrogen-bond acceptors (Lipinski definition) is 1. The SMILES string of the molecule is CC1(C(N)C(F)(F)F)CCCC1. The Hall–Kier alpha value is -0.250. The summed E-state index contributed by atoms with van der Waals surface area (Å²) in [6.45, 7) is 1.64. The van der Waals surface area contributed by atoms with Crippen LogP contribution in [0, 0.1) is 5.41 Å². The summed E-state index contributed by atoms with van der Waals surface area (Å²) in [6, 6.07) is -1.65. The molecule has 0 aromatic carbocycles. The van der Waals surface area contributed by atoms with Gasteiger partial charge in [-0.25, -0.2) is 0 Å². The van der Waals surface area contributed by atoms with Crippen molar-refractivity contribution in [3.63, 3.8) is 0 Å². The van der Waals surface area contributed by atoms with Crippen molar-refractivity contribution in [2.75, 3.05) is 0 Å². The first-order valence-electron chi connectivity index (χ1n) is 4.18. The molecule has 0 aromatic rings. The predicted octanol–water partition coefficient (Wildman–Crippen LogP) is 2.46. The van der Waals surface area contributed by atoms with Crippen LogP contribution in [-0.4, -0.2) is 12.2 Å². The normalized spacial score (nSPS) is 25.8. The molecular formula is C8H14F3N. The number of hydrogen-bond donors (Lipinski definition) is 1. The van der Waals surface area contributed by atoms with Crippen LogP contribution in [0.4, 0.5) is 13.2 Å². The van der Waals surface area contributed by atoms with Gasteiger partial charge in [-0.1, -0.05) is 19.8 Å². The molecule has 1 unspecified atom stereocenters. The van der Waals surface area contributed by atoms with Crippen LogP contribution in [0.2, 0.25) is 0 Å². The van der Waals surface area contributed by atoms with E-state index in [1.165, 1.54) is 0 Å². The molecule has 12 heavy (non-hydrogen) atoms. The van der Waals surface area contributed by atoms with Gasteiger partial charge in [0.25, 0.3) is 0 Å². The van der Waals surface area contributed by atoms with E-state index in [-0.39, 0.29) is 0 Å². The summed E-state index contributed by atoms with van der Waals surface area (Å²) in [5, 5.41) is 0. The molecule has 0 spiro atoms. The molecule has 1 aliphatic rings. The highest BCUT2D eigenvalue weighted by Crippen LogP contribution is 2.44. The average molecular weight is 181 g/mol. The Bertz CT molecular complexity index is 158. The van der Waals surface area contributed by atoms with Gasteiger partial charge in [-0.2, -0.15) is 13.2 Å². The van der Waals surface area contributed by atoms with Gasteiger partial charge < -0.3 is 5.73 Å². The number of rotatable bonds is 1. The minimum absolute atomic E-state index is 0.605. The van der Waals surface area contributed by atoms with E-state index >= 15 is 0 Å². The Labute approximate surface area is 70.1 Å². The van der Waals surface area contributed by atoms with Crippen molar-refractivity contribution < 1.29 is 13.2 Å². The Morgan fingerprint density at radius 2 is 1.67 bits per heavy atom. The maximum absolute atomic E-state index is 12.2. The molecule has 0 amide bonds. The number of halogens is 3. The molecule has 0 heterocycles. The molecule has 0 radical (unpaired) electrons. The van der Waals surface area contributed by atoms with Gasteiger partial charge in [-0.05, 0) is 18.3 Å². The van der Waals surface area contributed by atoms with E-state index in [0.717, 1.165) is 12.8 Å². The summed E-state index contributed by atoms with van der Waals surface area (Å²) < 4.78 is 36.7. The zero-order chi connectivity index (χ0) is 9.41. The van der Waals surface area contributed by atoms with Crippen molar-refractivity contribution in [2.24, 2.45) is 11.1 Å². The lowest BCUT2D eigenvalue weighted by Gasteiger charge is -2.32. The van der Waals surface area contributed by atoms with Gasteiger partial charge >= 0.3 is 6.18 Å². The topological polar surface area (TPSA) is 26.0 Å². The van der Waals surface area contributed by atoms with Crippen LogP contribution in [0.15, 0.2) is 0 Å². The molecule has 4 heteroatoms. The Kier molecular flexibility index (Phi) is 2.38. The second-order valence-corrected chi connectivity index (χ2v) is 3.88. The van der Waals surface area contributed by atoms with Gasteiger partial charge in [0, 0.05) is 0 Å². The van der Waals surface area contributed by atoms with Gasteiger partial charge in [0.15, 0.2) is 0 Å². The van der Waals surface area contributed by atoms with Gasteiger partial charge in [0.2, 0.25) is 0 Å². The fraction of sp³-hybridized carbons (Fsp3) is 1.00. The molecule has 1 aliphatic carbocycles. The molecule has 1 atom stereocenters. The summed E-state index contributed by atoms with van der Waals surface area (Å²) in [5.41, 5.74) is 4.46. The number of nitrogens with two attached hydrogens (primary N) is 1. The van der Waals surface area contributed by atoms with Crippen LogP contribution in [0.1, 0.15) is 32.6 Å². The molecule has 2 N–H and O–H groups in total. The van der Waals surface area contributed by atoms with Crippen LogP contribution in [-0.2, 0) is 0 Å². The molecule has 72 valence electrons. The van der Waals surface area contributed by atoms with Crippen molar-refractivity contribution >= 4 is 0 Å². The van der Waals surface area contributed by atoms with Gasteiger partial charge in [0.1, 0.15) is 6.04 Å². The molecule has 1 rings (SSSR count). The first kappa shape index (κ1) is 9.84. The summed E-state index contributed by atoms with van der Waals surface area (Å²) in [6.07, 6.45) is -1.28. The van der Waals surface area contributed by atoms with Crippen LogP contribution < -0.4 is 5.73 Å². The largest absolute Gasteiger partial charge is 0.404 e. The van der Waals surface area contributed by atoms with Crippen molar-refractivity contribution in [2.45, 2.75) is 44.8 Å². The zero-order valence-corrected chi connectivity index (χ0v) is 7.12. The van der Waals surface area contributed by atoms with E-state index in [4.69, 9.17) is 5.73 Å². The lowest BCUT2D eigenvalue weighted by molar-refractivity contribution is -0.171. The van der Waals surface area contributed by atoms with Crippen molar-refractivity contribution in [3.8, 4) is 0 Å².